The molecule has 62 valence electrons. The Morgan fingerprint density at radius 1 is 1.33 bits per heavy atom. The quantitative estimate of drug-likeness (QED) is 0.652. The van der Waals surface area contributed by atoms with E-state index in [1.54, 1.807) is 12.1 Å². The van der Waals surface area contributed by atoms with E-state index in [1.807, 2.05) is 12.1 Å². The van der Waals surface area contributed by atoms with Crippen LogP contribution in [0, 0.1) is 0 Å². The summed E-state index contributed by atoms with van der Waals surface area (Å²) in [7, 11) is 0. The number of H-pyrrole nitrogens is 1. The smallest absolute Gasteiger partial charge is 0.116 e. The van der Waals surface area contributed by atoms with Crippen molar-refractivity contribution in [3.05, 3.63) is 30.0 Å². The van der Waals surface area contributed by atoms with Gasteiger partial charge in [0.2, 0.25) is 0 Å². The third kappa shape index (κ3) is 1.14. The number of aromatic hydroxyl groups is 1. The number of hydrogen-bond donors (Lipinski definition) is 2. The highest BCUT2D eigenvalue weighted by atomic mass is 35.5. The standard InChI is InChI=1S/C9H8ClNO/c10-5-7-3-6-4-8(12)1-2-9(6)11-7/h1-4,11-12H,5H2. The molecule has 2 rings (SSSR count). The molecule has 0 saturated carbocycles. The highest BCUT2D eigenvalue weighted by Crippen LogP contribution is 2.20. The third-order valence-corrected chi connectivity index (χ3v) is 2.09. The Kier molecular flexibility index (Phi) is 1.70. The van der Waals surface area contributed by atoms with Gasteiger partial charge in [0.05, 0.1) is 5.88 Å². The number of benzene rings is 1. The van der Waals surface area contributed by atoms with E-state index in [-0.39, 0.29) is 5.75 Å². The van der Waals surface area contributed by atoms with Crippen LogP contribution in [0.4, 0.5) is 0 Å². The second-order valence-corrected chi connectivity index (χ2v) is 2.97. The topological polar surface area (TPSA) is 36.0 Å². The minimum Gasteiger partial charge on any atom is -0.508 e. The van der Waals surface area contributed by atoms with Crippen LogP contribution in [0.25, 0.3) is 10.9 Å². The van der Waals surface area contributed by atoms with Gasteiger partial charge in [0, 0.05) is 16.6 Å². The molecule has 0 aliphatic carbocycles. The average Bonchev–Trinajstić information content (AvgIpc) is 2.46. The Morgan fingerprint density at radius 3 is 2.92 bits per heavy atom. The van der Waals surface area contributed by atoms with Crippen molar-refractivity contribution in [3.63, 3.8) is 0 Å². The molecule has 1 aromatic carbocycles. The maximum atomic E-state index is 9.17. The van der Waals surface area contributed by atoms with Crippen molar-refractivity contribution in [1.29, 1.82) is 0 Å². The molecule has 0 fully saturated rings. The van der Waals surface area contributed by atoms with Gasteiger partial charge in [-0.05, 0) is 24.3 Å². The zero-order valence-electron chi connectivity index (χ0n) is 6.34. The maximum absolute atomic E-state index is 9.17. The minimum absolute atomic E-state index is 0.280. The number of nitrogens with one attached hydrogen (secondary N) is 1. The molecule has 0 saturated heterocycles. The molecule has 0 unspecified atom stereocenters. The number of phenols is 1. The monoisotopic (exact) mass is 181 g/mol. The van der Waals surface area contributed by atoms with Crippen LogP contribution in [0.15, 0.2) is 24.3 Å². The zero-order valence-corrected chi connectivity index (χ0v) is 7.10. The molecule has 1 aromatic heterocycles. The second kappa shape index (κ2) is 2.72. The average molecular weight is 182 g/mol. The predicted molar refractivity (Wildman–Crippen MR) is 49.5 cm³/mol. The molecule has 0 aliphatic rings. The molecule has 0 radical (unpaired) electrons. The molecule has 0 spiro atoms. The van der Waals surface area contributed by atoms with E-state index in [9.17, 15) is 0 Å². The number of hydrogen-bond acceptors (Lipinski definition) is 1. The van der Waals surface area contributed by atoms with Gasteiger partial charge in [0.25, 0.3) is 0 Å². The summed E-state index contributed by atoms with van der Waals surface area (Å²) >= 11 is 5.64. The van der Waals surface area contributed by atoms with Crippen LogP contribution in [0.2, 0.25) is 0 Å². The van der Waals surface area contributed by atoms with Gasteiger partial charge in [-0.25, -0.2) is 0 Å². The first kappa shape index (κ1) is 7.50. The van der Waals surface area contributed by atoms with Crippen LogP contribution in [-0.2, 0) is 5.88 Å². The van der Waals surface area contributed by atoms with Gasteiger partial charge in [-0.2, -0.15) is 0 Å². The number of fused-ring (bicyclic) bond motifs is 1. The number of rotatable bonds is 1. The van der Waals surface area contributed by atoms with E-state index >= 15 is 0 Å². The lowest BCUT2D eigenvalue weighted by Crippen LogP contribution is -1.72. The van der Waals surface area contributed by atoms with E-state index in [2.05, 4.69) is 4.98 Å². The van der Waals surface area contributed by atoms with Gasteiger partial charge in [-0.15, -0.1) is 11.6 Å². The molecule has 2 N–H and O–H groups in total. The molecule has 2 aromatic rings. The molecule has 2 nitrogen and oxygen atoms in total. The highest BCUT2D eigenvalue weighted by molar-refractivity contribution is 6.17. The van der Waals surface area contributed by atoms with Gasteiger partial charge in [-0.1, -0.05) is 0 Å². The lowest BCUT2D eigenvalue weighted by molar-refractivity contribution is 0.476. The molecule has 3 heteroatoms. The van der Waals surface area contributed by atoms with Crippen LogP contribution >= 0.6 is 11.6 Å². The summed E-state index contributed by atoms with van der Waals surface area (Å²) < 4.78 is 0. The Bertz CT molecular complexity index is 408. The summed E-state index contributed by atoms with van der Waals surface area (Å²) in [5, 5.41) is 10.2. The van der Waals surface area contributed by atoms with Crippen molar-refractivity contribution in [1.82, 2.24) is 4.98 Å². The molecule has 1 heterocycles. The second-order valence-electron chi connectivity index (χ2n) is 2.70. The number of alkyl halides is 1. The summed E-state index contributed by atoms with van der Waals surface area (Å²) in [4.78, 5) is 3.13. The van der Waals surface area contributed by atoms with E-state index in [0.29, 0.717) is 5.88 Å². The van der Waals surface area contributed by atoms with E-state index < -0.39 is 0 Å². The molecular formula is C9H8ClNO. The maximum Gasteiger partial charge on any atom is 0.116 e. The molecule has 0 aliphatic heterocycles. The summed E-state index contributed by atoms with van der Waals surface area (Å²) in [6, 6.07) is 7.13. The Labute approximate surface area is 74.8 Å². The van der Waals surface area contributed by atoms with E-state index in [0.717, 1.165) is 16.6 Å². The molecule has 0 atom stereocenters. The van der Waals surface area contributed by atoms with Gasteiger partial charge in [-0.3, -0.25) is 0 Å². The summed E-state index contributed by atoms with van der Waals surface area (Å²) in [6.45, 7) is 0. The van der Waals surface area contributed by atoms with Crippen molar-refractivity contribution in [2.24, 2.45) is 0 Å². The lowest BCUT2D eigenvalue weighted by Gasteiger charge is -1.89. The number of phenolic OH excluding ortho intramolecular Hbond substituents is 1. The summed E-state index contributed by atoms with van der Waals surface area (Å²) in [6.07, 6.45) is 0. The first-order chi connectivity index (χ1) is 5.79. The Morgan fingerprint density at radius 2 is 2.17 bits per heavy atom. The van der Waals surface area contributed by atoms with E-state index in [4.69, 9.17) is 16.7 Å². The van der Waals surface area contributed by atoms with Crippen LogP contribution in [0.1, 0.15) is 5.69 Å². The largest absolute Gasteiger partial charge is 0.508 e. The van der Waals surface area contributed by atoms with Crippen LogP contribution in [0.5, 0.6) is 5.75 Å². The minimum atomic E-state index is 0.280. The van der Waals surface area contributed by atoms with Crippen molar-refractivity contribution >= 4 is 22.5 Å². The lowest BCUT2D eigenvalue weighted by atomic mass is 10.2. The van der Waals surface area contributed by atoms with E-state index in [1.165, 1.54) is 0 Å². The Balaban J connectivity index is 2.67. The molecule has 0 amide bonds. The predicted octanol–water partition coefficient (Wildman–Crippen LogP) is 2.61. The Hall–Kier alpha value is -1.15. The van der Waals surface area contributed by atoms with Crippen molar-refractivity contribution in [3.8, 4) is 5.75 Å². The van der Waals surface area contributed by atoms with Gasteiger partial charge >= 0.3 is 0 Å². The first-order valence-corrected chi connectivity index (χ1v) is 4.19. The highest BCUT2D eigenvalue weighted by Gasteiger charge is 1.99. The number of aromatic nitrogens is 1. The van der Waals surface area contributed by atoms with Crippen molar-refractivity contribution in [2.75, 3.05) is 0 Å². The van der Waals surface area contributed by atoms with Gasteiger partial charge in [0.1, 0.15) is 5.75 Å². The summed E-state index contributed by atoms with van der Waals surface area (Å²) in [5.74, 6) is 0.748. The fourth-order valence-corrected chi connectivity index (χ4v) is 1.40. The molecule has 0 bridgehead atoms. The van der Waals surface area contributed by atoms with Gasteiger partial charge < -0.3 is 10.1 Å². The molecular weight excluding hydrogens is 174 g/mol. The molecule has 12 heavy (non-hydrogen) atoms. The van der Waals surface area contributed by atoms with Crippen molar-refractivity contribution < 1.29 is 5.11 Å². The zero-order chi connectivity index (χ0) is 8.55. The normalized spacial score (nSPS) is 10.8. The number of aromatic amines is 1. The first-order valence-electron chi connectivity index (χ1n) is 3.66. The summed E-state index contributed by atoms with van der Waals surface area (Å²) in [5.41, 5.74) is 1.97. The van der Waals surface area contributed by atoms with Crippen LogP contribution < -0.4 is 0 Å². The van der Waals surface area contributed by atoms with Crippen LogP contribution in [0.3, 0.4) is 0 Å². The van der Waals surface area contributed by atoms with Crippen molar-refractivity contribution in [2.45, 2.75) is 5.88 Å². The fourth-order valence-electron chi connectivity index (χ4n) is 1.25. The number of halogens is 1. The van der Waals surface area contributed by atoms with Gasteiger partial charge in [0.15, 0.2) is 0 Å². The van der Waals surface area contributed by atoms with Crippen LogP contribution in [-0.4, -0.2) is 10.1 Å². The third-order valence-electron chi connectivity index (χ3n) is 1.80. The fraction of sp³-hybridized carbons (Fsp3) is 0.111. The SMILES string of the molecule is Oc1ccc2[nH]c(CCl)cc2c1.